The molecule has 0 fully saturated rings. The number of halogens is 3. The summed E-state index contributed by atoms with van der Waals surface area (Å²) in [6.07, 6.45) is -1.55. The fourth-order valence-electron chi connectivity index (χ4n) is 1.51. The summed E-state index contributed by atoms with van der Waals surface area (Å²) in [6.45, 7) is 0. The predicted octanol–water partition coefficient (Wildman–Crippen LogP) is 2.47. The standard InChI is InChI=1S/C11H8F3NO2/c12-11(13,14)10(16,9-4-2-6-17-9)8-3-1-5-15-7-8/h1-7,16H. The largest absolute Gasteiger partial charge is 0.466 e. The van der Waals surface area contributed by atoms with E-state index in [9.17, 15) is 18.3 Å². The Morgan fingerprint density at radius 2 is 1.94 bits per heavy atom. The van der Waals surface area contributed by atoms with Crippen LogP contribution in [0.4, 0.5) is 13.2 Å². The zero-order chi connectivity index (χ0) is 12.5. The van der Waals surface area contributed by atoms with E-state index in [2.05, 4.69) is 9.40 Å². The number of alkyl halides is 3. The molecule has 1 atom stereocenters. The van der Waals surface area contributed by atoms with Crippen LogP contribution in [0, 0.1) is 0 Å². The molecule has 0 spiro atoms. The molecule has 0 saturated heterocycles. The number of hydrogen-bond donors (Lipinski definition) is 1. The average Bonchev–Trinajstić information content (AvgIpc) is 2.81. The van der Waals surface area contributed by atoms with Crippen LogP contribution >= 0.6 is 0 Å². The number of rotatable bonds is 2. The number of aromatic nitrogens is 1. The first-order valence-corrected chi connectivity index (χ1v) is 4.70. The smallest absolute Gasteiger partial charge is 0.428 e. The summed E-state index contributed by atoms with van der Waals surface area (Å²) in [4.78, 5) is 3.57. The van der Waals surface area contributed by atoms with Crippen LogP contribution in [0.2, 0.25) is 0 Å². The summed E-state index contributed by atoms with van der Waals surface area (Å²) in [7, 11) is 0. The summed E-state index contributed by atoms with van der Waals surface area (Å²) in [6, 6.07) is 4.81. The number of furan rings is 1. The van der Waals surface area contributed by atoms with Crippen molar-refractivity contribution in [2.45, 2.75) is 11.8 Å². The van der Waals surface area contributed by atoms with Gasteiger partial charge in [0.25, 0.3) is 0 Å². The quantitative estimate of drug-likeness (QED) is 0.881. The van der Waals surface area contributed by atoms with E-state index in [1.807, 2.05) is 0 Å². The maximum Gasteiger partial charge on any atom is 0.428 e. The van der Waals surface area contributed by atoms with Crippen molar-refractivity contribution in [2.24, 2.45) is 0 Å². The van der Waals surface area contributed by atoms with Gasteiger partial charge in [0.1, 0.15) is 5.76 Å². The molecule has 0 aliphatic rings. The van der Waals surface area contributed by atoms with Crippen molar-refractivity contribution in [2.75, 3.05) is 0 Å². The van der Waals surface area contributed by atoms with Gasteiger partial charge in [-0.15, -0.1) is 0 Å². The van der Waals surface area contributed by atoms with E-state index in [-0.39, 0.29) is 5.56 Å². The van der Waals surface area contributed by atoms with Gasteiger partial charge in [-0.1, -0.05) is 6.07 Å². The van der Waals surface area contributed by atoms with Gasteiger partial charge in [0, 0.05) is 18.0 Å². The summed E-state index contributed by atoms with van der Waals surface area (Å²) >= 11 is 0. The molecule has 0 aromatic carbocycles. The van der Waals surface area contributed by atoms with Crippen LogP contribution in [-0.2, 0) is 5.60 Å². The first-order valence-electron chi connectivity index (χ1n) is 4.70. The average molecular weight is 243 g/mol. The topological polar surface area (TPSA) is 46.3 Å². The third-order valence-electron chi connectivity index (χ3n) is 2.37. The molecule has 2 rings (SSSR count). The van der Waals surface area contributed by atoms with E-state index in [0.29, 0.717) is 0 Å². The molecule has 0 radical (unpaired) electrons. The number of pyridine rings is 1. The molecular weight excluding hydrogens is 235 g/mol. The minimum atomic E-state index is -4.89. The van der Waals surface area contributed by atoms with Crippen molar-refractivity contribution in [3.63, 3.8) is 0 Å². The highest BCUT2D eigenvalue weighted by Crippen LogP contribution is 2.43. The minimum absolute atomic E-state index is 0.387. The van der Waals surface area contributed by atoms with E-state index in [4.69, 9.17) is 0 Å². The molecule has 0 aliphatic heterocycles. The van der Waals surface area contributed by atoms with Crippen LogP contribution in [-0.4, -0.2) is 16.3 Å². The molecule has 0 saturated carbocycles. The maximum atomic E-state index is 13.0. The van der Waals surface area contributed by atoms with Crippen molar-refractivity contribution < 1.29 is 22.7 Å². The number of nitrogens with zero attached hydrogens (tertiary/aromatic N) is 1. The van der Waals surface area contributed by atoms with Crippen LogP contribution in [0.15, 0.2) is 47.3 Å². The van der Waals surface area contributed by atoms with Crippen LogP contribution in [0.25, 0.3) is 0 Å². The number of aliphatic hydroxyl groups is 1. The fraction of sp³-hybridized carbons (Fsp3) is 0.182. The Morgan fingerprint density at radius 3 is 2.41 bits per heavy atom. The van der Waals surface area contributed by atoms with E-state index in [1.54, 1.807) is 0 Å². The normalized spacial score (nSPS) is 15.5. The second kappa shape index (κ2) is 3.89. The molecular formula is C11H8F3NO2. The Kier molecular flexibility index (Phi) is 2.66. The lowest BCUT2D eigenvalue weighted by atomic mass is 9.92. The van der Waals surface area contributed by atoms with Crippen molar-refractivity contribution >= 4 is 0 Å². The third-order valence-corrected chi connectivity index (χ3v) is 2.37. The van der Waals surface area contributed by atoms with E-state index in [0.717, 1.165) is 24.6 Å². The minimum Gasteiger partial charge on any atom is -0.466 e. The Hall–Kier alpha value is -1.82. The zero-order valence-electron chi connectivity index (χ0n) is 8.48. The first-order chi connectivity index (χ1) is 7.96. The first kappa shape index (κ1) is 11.7. The van der Waals surface area contributed by atoms with Gasteiger partial charge in [-0.3, -0.25) is 4.98 Å². The lowest BCUT2D eigenvalue weighted by Crippen LogP contribution is -2.43. The van der Waals surface area contributed by atoms with Crippen LogP contribution in [0.1, 0.15) is 11.3 Å². The van der Waals surface area contributed by atoms with Crippen LogP contribution in [0.5, 0.6) is 0 Å². The SMILES string of the molecule is OC(c1cccnc1)(c1ccco1)C(F)(F)F. The second-order valence-corrected chi connectivity index (χ2v) is 3.43. The van der Waals surface area contributed by atoms with E-state index in [1.165, 1.54) is 18.3 Å². The lowest BCUT2D eigenvalue weighted by molar-refractivity contribution is -0.254. The Labute approximate surface area is 94.5 Å². The molecule has 1 unspecified atom stereocenters. The fourth-order valence-corrected chi connectivity index (χ4v) is 1.51. The molecule has 0 amide bonds. The van der Waals surface area contributed by atoms with Crippen molar-refractivity contribution in [1.29, 1.82) is 0 Å². The van der Waals surface area contributed by atoms with Gasteiger partial charge < -0.3 is 9.52 Å². The van der Waals surface area contributed by atoms with Crippen molar-refractivity contribution in [3.05, 3.63) is 54.2 Å². The van der Waals surface area contributed by atoms with Crippen molar-refractivity contribution in [3.8, 4) is 0 Å². The molecule has 0 aliphatic carbocycles. The molecule has 2 aromatic rings. The molecule has 6 heteroatoms. The Bertz CT molecular complexity index is 481. The zero-order valence-corrected chi connectivity index (χ0v) is 8.48. The van der Waals surface area contributed by atoms with Gasteiger partial charge in [0.05, 0.1) is 6.26 Å². The highest BCUT2D eigenvalue weighted by atomic mass is 19.4. The molecule has 3 nitrogen and oxygen atoms in total. The molecule has 0 bridgehead atoms. The highest BCUT2D eigenvalue weighted by molar-refractivity contribution is 5.31. The van der Waals surface area contributed by atoms with Gasteiger partial charge in [0.15, 0.2) is 0 Å². The molecule has 90 valence electrons. The van der Waals surface area contributed by atoms with Gasteiger partial charge >= 0.3 is 6.18 Å². The molecule has 2 aromatic heterocycles. The third kappa shape index (κ3) is 1.80. The van der Waals surface area contributed by atoms with E-state index < -0.39 is 17.5 Å². The van der Waals surface area contributed by atoms with Crippen LogP contribution in [0.3, 0.4) is 0 Å². The highest BCUT2D eigenvalue weighted by Gasteiger charge is 2.58. The van der Waals surface area contributed by atoms with Gasteiger partial charge in [0.2, 0.25) is 5.60 Å². The van der Waals surface area contributed by atoms with Crippen molar-refractivity contribution in [1.82, 2.24) is 4.98 Å². The van der Waals surface area contributed by atoms with Gasteiger partial charge in [-0.05, 0) is 18.2 Å². The molecule has 17 heavy (non-hydrogen) atoms. The summed E-state index contributed by atoms with van der Waals surface area (Å²) in [5, 5.41) is 9.92. The van der Waals surface area contributed by atoms with E-state index >= 15 is 0 Å². The number of hydrogen-bond acceptors (Lipinski definition) is 3. The molecule has 1 N–H and O–H groups in total. The van der Waals surface area contributed by atoms with Crippen LogP contribution < -0.4 is 0 Å². The summed E-state index contributed by atoms with van der Waals surface area (Å²) < 4.78 is 43.7. The predicted molar refractivity (Wildman–Crippen MR) is 52.0 cm³/mol. The Morgan fingerprint density at radius 1 is 1.18 bits per heavy atom. The van der Waals surface area contributed by atoms with Gasteiger partial charge in [-0.2, -0.15) is 13.2 Å². The summed E-state index contributed by atoms with van der Waals surface area (Å²) in [5.41, 5.74) is -3.56. The monoisotopic (exact) mass is 243 g/mol. The maximum absolute atomic E-state index is 13.0. The lowest BCUT2D eigenvalue weighted by Gasteiger charge is -2.28. The van der Waals surface area contributed by atoms with Gasteiger partial charge in [-0.25, -0.2) is 0 Å². The second-order valence-electron chi connectivity index (χ2n) is 3.43. The molecule has 2 heterocycles. The Balaban J connectivity index is 2.61. The summed E-state index contributed by atoms with van der Waals surface area (Å²) in [5.74, 6) is -0.585.